The number of nitrogens with one attached hydrogen (secondary N) is 1. The number of ether oxygens (including phenoxy) is 1. The molecule has 0 spiro atoms. The first-order chi connectivity index (χ1) is 21.3. The predicted octanol–water partition coefficient (Wildman–Crippen LogP) is 6.29. The molecule has 2 aromatic heterocycles. The van der Waals surface area contributed by atoms with E-state index in [9.17, 15) is 31.1 Å². The van der Waals surface area contributed by atoms with E-state index >= 15 is 0 Å². The highest BCUT2D eigenvalue weighted by Crippen LogP contribution is 2.47. The minimum Gasteiger partial charge on any atom is -0.481 e. The molecule has 240 valence electrons. The molecule has 0 aliphatic carbocycles. The number of nitrogens with zero attached hydrogens (tertiary/aromatic N) is 3. The minimum atomic E-state index is -5.07. The molecule has 0 aliphatic heterocycles. The van der Waals surface area contributed by atoms with Crippen LogP contribution in [-0.4, -0.2) is 39.0 Å². The summed E-state index contributed by atoms with van der Waals surface area (Å²) in [5.41, 5.74) is 0.512. The number of unbranched alkanes of at least 4 members (excludes halogenated alkanes) is 1. The van der Waals surface area contributed by atoms with Gasteiger partial charge in [0.2, 0.25) is 5.60 Å². The number of rotatable bonds is 14. The van der Waals surface area contributed by atoms with E-state index in [1.807, 2.05) is 30.3 Å². The summed E-state index contributed by atoms with van der Waals surface area (Å²) in [5.74, 6) is -3.36. The van der Waals surface area contributed by atoms with Gasteiger partial charge in [-0.15, -0.1) is 10.2 Å². The summed E-state index contributed by atoms with van der Waals surface area (Å²) in [6, 6.07) is 18.0. The zero-order valence-electron chi connectivity index (χ0n) is 23.7. The number of hydrogen-bond donors (Lipinski definition) is 3. The van der Waals surface area contributed by atoms with Crippen molar-refractivity contribution in [1.29, 1.82) is 0 Å². The zero-order chi connectivity index (χ0) is 32.7. The first-order valence-electron chi connectivity index (χ1n) is 13.7. The van der Waals surface area contributed by atoms with Gasteiger partial charge in [0.1, 0.15) is 0 Å². The van der Waals surface area contributed by atoms with Crippen molar-refractivity contribution in [2.24, 2.45) is 0 Å². The Kier molecular flexibility index (Phi) is 10.4. The number of alkyl halides is 6. The first kappa shape index (κ1) is 33.4. The molecule has 0 radical (unpaired) electrons. The Bertz CT molecular complexity index is 1560. The summed E-state index contributed by atoms with van der Waals surface area (Å²) in [6.45, 7) is 0.441. The number of pyridine rings is 1. The molecule has 0 amide bonds. The van der Waals surface area contributed by atoms with Crippen LogP contribution in [0.5, 0.6) is 0 Å². The van der Waals surface area contributed by atoms with E-state index in [1.54, 1.807) is 30.3 Å². The quantitative estimate of drug-likeness (QED) is 0.108. The number of carboxylic acids is 1. The molecule has 2 heterocycles. The van der Waals surface area contributed by atoms with Crippen LogP contribution in [-0.2, 0) is 40.9 Å². The standard InChI is InChI=1S/C30H29F6N5O4/c31-29(32,33)21-15-22(37)25(39-23(21)16-24(42)43)26-40-41-27(45-26)28(30(34,35)36,44-18-20-11-5-2-6-12-20)13-7-8-14-38-17-19-9-3-1-4-10-19/h1-6,9-12,15,38H,7-8,13-14,16-18,37H2,(H,42,43). The van der Waals surface area contributed by atoms with Crippen LogP contribution in [0, 0.1) is 0 Å². The van der Waals surface area contributed by atoms with Crippen LogP contribution in [0.25, 0.3) is 11.6 Å². The van der Waals surface area contributed by atoms with Crippen LogP contribution in [0.15, 0.2) is 71.1 Å². The van der Waals surface area contributed by atoms with Crippen LogP contribution in [0.2, 0.25) is 0 Å². The molecule has 4 rings (SSSR count). The second kappa shape index (κ2) is 14.1. The minimum absolute atomic E-state index is 0.0111. The number of aromatic nitrogens is 3. The third-order valence-electron chi connectivity index (χ3n) is 6.82. The molecule has 45 heavy (non-hydrogen) atoms. The van der Waals surface area contributed by atoms with E-state index in [1.165, 1.54) is 0 Å². The van der Waals surface area contributed by atoms with E-state index < -0.39 is 77.8 Å². The number of halogens is 6. The Labute approximate surface area is 253 Å². The highest BCUT2D eigenvalue weighted by Gasteiger charge is 2.61. The SMILES string of the molecule is Nc1cc(C(F)(F)F)c(CC(=O)O)nc1-c1nnc(C(CCCCNCc2ccccc2)(OCc2ccccc2)C(F)(F)F)o1. The van der Waals surface area contributed by atoms with Gasteiger partial charge in [0.05, 0.1) is 30.0 Å². The molecule has 4 aromatic rings. The maximum atomic E-state index is 14.9. The molecule has 9 nitrogen and oxygen atoms in total. The lowest BCUT2D eigenvalue weighted by Gasteiger charge is -2.32. The van der Waals surface area contributed by atoms with Gasteiger partial charge in [-0.3, -0.25) is 4.79 Å². The summed E-state index contributed by atoms with van der Waals surface area (Å²) in [7, 11) is 0. The number of nitrogen functional groups attached to an aromatic ring is 1. The van der Waals surface area contributed by atoms with E-state index in [0.29, 0.717) is 31.1 Å². The molecule has 0 bridgehead atoms. The van der Waals surface area contributed by atoms with Gasteiger partial charge in [-0.05, 0) is 43.0 Å². The van der Waals surface area contributed by atoms with Crippen molar-refractivity contribution in [3.05, 3.63) is 95.0 Å². The molecule has 0 saturated carbocycles. The molecule has 15 heteroatoms. The average molecular weight is 638 g/mol. The van der Waals surface area contributed by atoms with Crippen molar-refractivity contribution in [2.45, 2.75) is 56.8 Å². The highest BCUT2D eigenvalue weighted by molar-refractivity contribution is 5.73. The fourth-order valence-corrected chi connectivity index (χ4v) is 4.56. The smallest absolute Gasteiger partial charge is 0.426 e. The van der Waals surface area contributed by atoms with Gasteiger partial charge in [-0.2, -0.15) is 26.3 Å². The Morgan fingerprint density at radius 1 is 0.933 bits per heavy atom. The molecule has 0 aliphatic rings. The first-order valence-corrected chi connectivity index (χ1v) is 13.7. The molecule has 1 atom stereocenters. The van der Waals surface area contributed by atoms with Crippen molar-refractivity contribution >= 4 is 11.7 Å². The van der Waals surface area contributed by atoms with Crippen molar-refractivity contribution in [1.82, 2.24) is 20.5 Å². The summed E-state index contributed by atoms with van der Waals surface area (Å²) in [6.07, 6.45) is -11.5. The van der Waals surface area contributed by atoms with Crippen LogP contribution in [0.4, 0.5) is 32.0 Å². The lowest BCUT2D eigenvalue weighted by atomic mass is 9.95. The fourth-order valence-electron chi connectivity index (χ4n) is 4.56. The van der Waals surface area contributed by atoms with E-state index in [0.717, 1.165) is 5.56 Å². The van der Waals surface area contributed by atoms with E-state index in [4.69, 9.17) is 20.0 Å². The number of nitrogens with two attached hydrogens (primary N) is 1. The highest BCUT2D eigenvalue weighted by atomic mass is 19.4. The van der Waals surface area contributed by atoms with Crippen LogP contribution in [0.1, 0.15) is 47.5 Å². The van der Waals surface area contributed by atoms with Crippen molar-refractivity contribution in [2.75, 3.05) is 12.3 Å². The van der Waals surface area contributed by atoms with Gasteiger partial charge < -0.3 is 25.3 Å². The summed E-state index contributed by atoms with van der Waals surface area (Å²) < 4.78 is 96.3. The zero-order valence-corrected chi connectivity index (χ0v) is 23.7. The molecular formula is C30H29F6N5O4. The van der Waals surface area contributed by atoms with Gasteiger partial charge >= 0.3 is 18.3 Å². The Balaban J connectivity index is 1.64. The monoisotopic (exact) mass is 637 g/mol. The third-order valence-corrected chi connectivity index (χ3v) is 6.82. The van der Waals surface area contributed by atoms with Crippen molar-refractivity contribution < 1.29 is 45.4 Å². The second-order valence-corrected chi connectivity index (χ2v) is 10.1. The fraction of sp³-hybridized carbons (Fsp3) is 0.333. The van der Waals surface area contributed by atoms with E-state index in [2.05, 4.69) is 20.5 Å². The maximum absolute atomic E-state index is 14.9. The Morgan fingerprint density at radius 3 is 2.18 bits per heavy atom. The van der Waals surface area contributed by atoms with Gasteiger partial charge in [-0.1, -0.05) is 60.7 Å². The number of benzene rings is 2. The molecule has 0 saturated heterocycles. The number of hydrogen-bond acceptors (Lipinski definition) is 8. The lowest BCUT2D eigenvalue weighted by molar-refractivity contribution is -0.300. The van der Waals surface area contributed by atoms with Gasteiger partial charge in [-0.25, -0.2) is 4.98 Å². The van der Waals surface area contributed by atoms with Crippen LogP contribution in [0.3, 0.4) is 0 Å². The normalized spacial score (nSPS) is 13.5. The number of carboxylic acid groups (broad SMARTS) is 1. The lowest BCUT2D eigenvalue weighted by Crippen LogP contribution is -2.45. The average Bonchev–Trinajstić information content (AvgIpc) is 3.47. The molecular weight excluding hydrogens is 608 g/mol. The summed E-state index contributed by atoms with van der Waals surface area (Å²) in [4.78, 5) is 14.9. The van der Waals surface area contributed by atoms with Gasteiger partial charge in [0.15, 0.2) is 5.69 Å². The molecule has 2 aromatic carbocycles. The second-order valence-electron chi connectivity index (χ2n) is 10.1. The summed E-state index contributed by atoms with van der Waals surface area (Å²) in [5, 5.41) is 19.5. The Morgan fingerprint density at radius 2 is 1.58 bits per heavy atom. The largest absolute Gasteiger partial charge is 0.481 e. The number of aliphatic carboxylic acids is 1. The van der Waals surface area contributed by atoms with Crippen molar-refractivity contribution in [3.8, 4) is 11.6 Å². The third kappa shape index (κ3) is 8.36. The van der Waals surface area contributed by atoms with Crippen LogP contribution >= 0.6 is 0 Å². The number of carbonyl (C=O) groups is 1. The molecule has 0 fully saturated rings. The number of anilines is 1. The molecule has 4 N–H and O–H groups in total. The van der Waals surface area contributed by atoms with E-state index in [-0.39, 0.29) is 6.42 Å². The van der Waals surface area contributed by atoms with Gasteiger partial charge in [0.25, 0.3) is 11.8 Å². The van der Waals surface area contributed by atoms with Crippen LogP contribution < -0.4 is 11.1 Å². The topological polar surface area (TPSA) is 136 Å². The Hall–Kier alpha value is -4.50. The van der Waals surface area contributed by atoms with Crippen molar-refractivity contribution in [3.63, 3.8) is 0 Å². The van der Waals surface area contributed by atoms with Gasteiger partial charge in [0, 0.05) is 6.54 Å². The summed E-state index contributed by atoms with van der Waals surface area (Å²) >= 11 is 0. The molecule has 1 unspecified atom stereocenters. The maximum Gasteiger partial charge on any atom is 0.426 e. The predicted molar refractivity (Wildman–Crippen MR) is 149 cm³/mol.